The second-order valence-corrected chi connectivity index (χ2v) is 6.26. The van der Waals surface area contributed by atoms with Crippen LogP contribution in [-0.4, -0.2) is 0 Å². The molecule has 2 rings (SSSR count). The first kappa shape index (κ1) is 11.0. The smallest absolute Gasteiger partial charge is 0.0647 e. The zero-order chi connectivity index (χ0) is 11.1. The van der Waals surface area contributed by atoms with Crippen LogP contribution < -0.4 is 0 Å². The molecular weight excluding hydrogens is 224 g/mol. The molecule has 1 atom stereocenters. The maximum absolute atomic E-state index is 6.51. The minimum absolute atomic E-state index is 0.0775. The molecule has 1 heterocycles. The second kappa shape index (κ2) is 3.80. The van der Waals surface area contributed by atoms with E-state index in [9.17, 15) is 0 Å². The molecule has 0 aliphatic heterocycles. The van der Waals surface area contributed by atoms with Gasteiger partial charge >= 0.3 is 0 Å². The predicted octanol–water partition coefficient (Wildman–Crippen LogP) is 5.23. The predicted molar refractivity (Wildman–Crippen MR) is 69.9 cm³/mol. The van der Waals surface area contributed by atoms with Gasteiger partial charge in [0.2, 0.25) is 0 Å². The van der Waals surface area contributed by atoms with Crippen LogP contribution in [0.4, 0.5) is 0 Å². The fraction of sp³-hybridized carbons (Fsp3) is 0.385. The standard InChI is InChI=1S/C13H15ClS/c1-13(2,3)12(14)10-8-15-11-7-5-4-6-9(10)11/h4-8,12H,1-3H3. The molecular formula is C13H15ClS. The molecule has 1 unspecified atom stereocenters. The fourth-order valence-electron chi connectivity index (χ4n) is 1.66. The Labute approximate surface area is 99.9 Å². The number of thiophene rings is 1. The molecule has 0 aliphatic carbocycles. The van der Waals surface area contributed by atoms with Gasteiger partial charge in [0.25, 0.3) is 0 Å². The Bertz CT molecular complexity index is 465. The average Bonchev–Trinajstić information content (AvgIpc) is 2.58. The van der Waals surface area contributed by atoms with Crippen LogP contribution in [-0.2, 0) is 0 Å². The normalized spacial score (nSPS) is 14.4. The summed E-state index contributed by atoms with van der Waals surface area (Å²) in [5.41, 5.74) is 1.37. The molecule has 2 aromatic rings. The molecule has 2 heteroatoms. The van der Waals surface area contributed by atoms with Crippen LogP contribution in [0.15, 0.2) is 29.6 Å². The highest BCUT2D eigenvalue weighted by Gasteiger charge is 2.25. The maximum atomic E-state index is 6.51. The van der Waals surface area contributed by atoms with E-state index in [0.29, 0.717) is 0 Å². The van der Waals surface area contributed by atoms with Crippen LogP contribution in [0, 0.1) is 5.41 Å². The number of rotatable bonds is 1. The molecule has 0 bridgehead atoms. The fourth-order valence-corrected chi connectivity index (χ4v) is 2.90. The van der Waals surface area contributed by atoms with Crippen molar-refractivity contribution in [3.63, 3.8) is 0 Å². The number of hydrogen-bond donors (Lipinski definition) is 0. The molecule has 1 aromatic heterocycles. The third-order valence-corrected chi connectivity index (χ3v) is 4.42. The molecule has 0 amide bonds. The van der Waals surface area contributed by atoms with Gasteiger partial charge in [-0.2, -0.15) is 0 Å². The van der Waals surface area contributed by atoms with Crippen molar-refractivity contribution in [3.8, 4) is 0 Å². The lowest BCUT2D eigenvalue weighted by atomic mass is 9.87. The van der Waals surface area contributed by atoms with Gasteiger partial charge in [-0.05, 0) is 27.8 Å². The number of halogens is 1. The molecule has 15 heavy (non-hydrogen) atoms. The molecule has 0 spiro atoms. The van der Waals surface area contributed by atoms with E-state index in [4.69, 9.17) is 11.6 Å². The van der Waals surface area contributed by atoms with E-state index in [1.54, 1.807) is 11.3 Å². The summed E-state index contributed by atoms with van der Waals surface area (Å²) >= 11 is 8.28. The molecule has 0 nitrogen and oxygen atoms in total. The Morgan fingerprint density at radius 3 is 2.53 bits per heavy atom. The van der Waals surface area contributed by atoms with Gasteiger partial charge in [0, 0.05) is 4.70 Å². The summed E-state index contributed by atoms with van der Waals surface area (Å²) in [6.45, 7) is 6.53. The van der Waals surface area contributed by atoms with Gasteiger partial charge in [0.15, 0.2) is 0 Å². The zero-order valence-electron chi connectivity index (χ0n) is 9.25. The highest BCUT2D eigenvalue weighted by Crippen LogP contribution is 2.43. The highest BCUT2D eigenvalue weighted by molar-refractivity contribution is 7.17. The van der Waals surface area contributed by atoms with Crippen molar-refractivity contribution in [2.45, 2.75) is 26.1 Å². The average molecular weight is 239 g/mol. The number of fused-ring (bicyclic) bond motifs is 1. The van der Waals surface area contributed by atoms with E-state index >= 15 is 0 Å². The third kappa shape index (κ3) is 2.04. The van der Waals surface area contributed by atoms with Crippen molar-refractivity contribution in [2.75, 3.05) is 0 Å². The Hall–Kier alpha value is -0.530. The molecule has 80 valence electrons. The van der Waals surface area contributed by atoms with Crippen LogP contribution in [0.3, 0.4) is 0 Å². The number of alkyl halides is 1. The summed E-state index contributed by atoms with van der Waals surface area (Å²) < 4.78 is 1.32. The minimum atomic E-state index is 0.0775. The van der Waals surface area contributed by atoms with Crippen molar-refractivity contribution in [1.82, 2.24) is 0 Å². The lowest BCUT2D eigenvalue weighted by Crippen LogP contribution is -2.12. The molecule has 0 N–H and O–H groups in total. The molecule has 0 fully saturated rings. The van der Waals surface area contributed by atoms with Crippen LogP contribution in [0.25, 0.3) is 10.1 Å². The second-order valence-electron chi connectivity index (χ2n) is 4.92. The quantitative estimate of drug-likeness (QED) is 0.597. The van der Waals surface area contributed by atoms with Crippen molar-refractivity contribution < 1.29 is 0 Å². The lowest BCUT2D eigenvalue weighted by Gasteiger charge is -2.24. The largest absolute Gasteiger partial charge is 0.143 e. The van der Waals surface area contributed by atoms with Gasteiger partial charge in [0.1, 0.15) is 0 Å². The number of benzene rings is 1. The zero-order valence-corrected chi connectivity index (χ0v) is 10.8. The number of hydrogen-bond acceptors (Lipinski definition) is 1. The first-order valence-electron chi connectivity index (χ1n) is 5.10. The van der Waals surface area contributed by atoms with Gasteiger partial charge in [-0.15, -0.1) is 22.9 Å². The van der Waals surface area contributed by atoms with Crippen molar-refractivity contribution in [1.29, 1.82) is 0 Å². The monoisotopic (exact) mass is 238 g/mol. The van der Waals surface area contributed by atoms with E-state index in [1.807, 2.05) is 0 Å². The minimum Gasteiger partial charge on any atom is -0.143 e. The molecule has 1 aromatic carbocycles. The molecule has 0 saturated heterocycles. The van der Waals surface area contributed by atoms with Gasteiger partial charge in [0.05, 0.1) is 5.38 Å². The van der Waals surface area contributed by atoms with Gasteiger partial charge < -0.3 is 0 Å². The van der Waals surface area contributed by atoms with Gasteiger partial charge in [-0.1, -0.05) is 39.0 Å². The summed E-state index contributed by atoms with van der Waals surface area (Å²) in [5, 5.41) is 3.57. The Balaban J connectivity index is 2.53. The Morgan fingerprint density at radius 1 is 1.20 bits per heavy atom. The van der Waals surface area contributed by atoms with Crippen LogP contribution in [0.2, 0.25) is 0 Å². The van der Waals surface area contributed by atoms with Gasteiger partial charge in [-0.3, -0.25) is 0 Å². The summed E-state index contributed by atoms with van der Waals surface area (Å²) in [6.07, 6.45) is 0. The van der Waals surface area contributed by atoms with Crippen molar-refractivity contribution in [2.24, 2.45) is 5.41 Å². The lowest BCUT2D eigenvalue weighted by molar-refractivity contribution is 0.398. The first-order valence-corrected chi connectivity index (χ1v) is 6.42. The third-order valence-electron chi connectivity index (χ3n) is 2.54. The summed E-state index contributed by atoms with van der Waals surface area (Å²) in [7, 11) is 0. The van der Waals surface area contributed by atoms with Crippen LogP contribution in [0.5, 0.6) is 0 Å². The topological polar surface area (TPSA) is 0 Å². The summed E-state index contributed by atoms with van der Waals surface area (Å²) in [6, 6.07) is 8.45. The Morgan fingerprint density at radius 2 is 1.87 bits per heavy atom. The summed E-state index contributed by atoms with van der Waals surface area (Å²) in [5.74, 6) is 0. The van der Waals surface area contributed by atoms with E-state index < -0.39 is 0 Å². The van der Waals surface area contributed by atoms with Crippen molar-refractivity contribution in [3.05, 3.63) is 35.2 Å². The van der Waals surface area contributed by atoms with Crippen LogP contribution in [0.1, 0.15) is 31.7 Å². The van der Waals surface area contributed by atoms with E-state index in [1.165, 1.54) is 15.6 Å². The molecule has 0 saturated carbocycles. The van der Waals surface area contributed by atoms with E-state index in [0.717, 1.165) is 0 Å². The first-order chi connectivity index (χ1) is 7.00. The summed E-state index contributed by atoms with van der Waals surface area (Å²) in [4.78, 5) is 0. The maximum Gasteiger partial charge on any atom is 0.0647 e. The van der Waals surface area contributed by atoms with E-state index in [-0.39, 0.29) is 10.8 Å². The Kier molecular flexibility index (Phi) is 2.78. The van der Waals surface area contributed by atoms with Gasteiger partial charge in [-0.25, -0.2) is 0 Å². The molecule has 0 radical (unpaired) electrons. The van der Waals surface area contributed by atoms with Crippen LogP contribution >= 0.6 is 22.9 Å². The molecule has 0 aliphatic rings. The van der Waals surface area contributed by atoms with Crippen molar-refractivity contribution >= 4 is 33.0 Å². The van der Waals surface area contributed by atoms with E-state index in [2.05, 4.69) is 50.4 Å². The SMILES string of the molecule is CC(C)(C)C(Cl)c1csc2ccccc12. The highest BCUT2D eigenvalue weighted by atomic mass is 35.5.